The number of hydrogen-bond donors (Lipinski definition) is 1. The normalized spacial score (nSPS) is 15.3. The van der Waals surface area contributed by atoms with Gasteiger partial charge in [-0.3, -0.25) is 19.8 Å². The molecule has 9 heteroatoms. The molecule has 2 aromatic rings. The fraction of sp³-hybridized carbons (Fsp3) is 0.350. The molecule has 1 aliphatic carbocycles. The van der Waals surface area contributed by atoms with E-state index in [9.17, 15) is 28.1 Å². The van der Waals surface area contributed by atoms with E-state index in [1.807, 2.05) is 4.90 Å². The van der Waals surface area contributed by atoms with Crippen LogP contribution in [0.1, 0.15) is 52.9 Å². The van der Waals surface area contributed by atoms with Crippen LogP contribution in [0.5, 0.6) is 0 Å². The third-order valence-corrected chi connectivity index (χ3v) is 5.13. The van der Waals surface area contributed by atoms with Gasteiger partial charge in [0.1, 0.15) is 0 Å². The Balaban J connectivity index is 1.92. The van der Waals surface area contributed by atoms with Crippen molar-refractivity contribution < 1.29 is 22.9 Å². The zero-order valence-corrected chi connectivity index (χ0v) is 15.6. The molecule has 1 saturated carbocycles. The number of hydrogen-bond acceptors (Lipinski definition) is 4. The zero-order chi connectivity index (χ0) is 21.3. The van der Waals surface area contributed by atoms with Crippen LogP contribution in [-0.2, 0) is 12.7 Å². The molecular weight excluding hydrogens is 387 g/mol. The Bertz CT molecular complexity index is 942. The first kappa shape index (κ1) is 20.8. The summed E-state index contributed by atoms with van der Waals surface area (Å²) in [6.45, 7) is 1.97. The van der Waals surface area contributed by atoms with E-state index in [0.717, 1.165) is 31.0 Å². The van der Waals surface area contributed by atoms with Crippen molar-refractivity contribution in [3.63, 3.8) is 0 Å². The molecule has 1 amide bonds. The molecule has 0 radical (unpaired) electrons. The van der Waals surface area contributed by atoms with Gasteiger partial charge in [-0.15, -0.1) is 0 Å². The maximum atomic E-state index is 13.1. The third kappa shape index (κ3) is 4.73. The van der Waals surface area contributed by atoms with Gasteiger partial charge in [-0.1, -0.05) is 18.2 Å². The van der Waals surface area contributed by atoms with E-state index < -0.39 is 22.6 Å². The van der Waals surface area contributed by atoms with Crippen molar-refractivity contribution in [2.45, 2.75) is 44.6 Å². The predicted molar refractivity (Wildman–Crippen MR) is 100 cm³/mol. The molecule has 0 spiro atoms. The molecule has 29 heavy (non-hydrogen) atoms. The highest BCUT2D eigenvalue weighted by molar-refractivity contribution is 5.93. The zero-order valence-electron chi connectivity index (χ0n) is 15.6. The Morgan fingerprint density at radius 3 is 2.52 bits per heavy atom. The van der Waals surface area contributed by atoms with Crippen molar-refractivity contribution in [2.24, 2.45) is 5.73 Å². The Kier molecular flexibility index (Phi) is 5.61. The molecule has 0 bridgehead atoms. The largest absolute Gasteiger partial charge is 0.416 e. The first-order valence-electron chi connectivity index (χ1n) is 9.08. The number of rotatable bonds is 7. The molecule has 3 rings (SSSR count). The lowest BCUT2D eigenvalue weighted by Crippen LogP contribution is -2.29. The van der Waals surface area contributed by atoms with Gasteiger partial charge in [-0.25, -0.2) is 0 Å². The summed E-state index contributed by atoms with van der Waals surface area (Å²) in [7, 11) is 0. The molecule has 0 heterocycles. The van der Waals surface area contributed by atoms with E-state index >= 15 is 0 Å². The van der Waals surface area contributed by atoms with Crippen LogP contribution in [0.3, 0.4) is 0 Å². The van der Waals surface area contributed by atoms with E-state index in [2.05, 4.69) is 0 Å². The summed E-state index contributed by atoms with van der Waals surface area (Å²) in [6, 6.07) is 8.92. The number of primary amides is 1. The number of alkyl halides is 3. The second-order valence-electron chi connectivity index (χ2n) is 7.17. The summed E-state index contributed by atoms with van der Waals surface area (Å²) >= 11 is 0. The van der Waals surface area contributed by atoms with Gasteiger partial charge < -0.3 is 5.73 Å². The Hall–Kier alpha value is -2.94. The SMILES string of the molecule is CC(c1cccc(C(F)(F)F)c1)N(Cc1ccc(C(N)=O)cc1[N+](=O)[O-])C1CC1. The van der Waals surface area contributed by atoms with Crippen LogP contribution < -0.4 is 5.73 Å². The number of carbonyl (C=O) groups excluding carboxylic acids is 1. The van der Waals surface area contributed by atoms with Gasteiger partial charge >= 0.3 is 6.18 Å². The standard InChI is InChI=1S/C20H20F3N3O3/c1-12(13-3-2-4-16(9-13)20(21,22)23)25(17-7-8-17)11-15-6-5-14(19(24)27)10-18(15)26(28)29/h2-6,9-10,12,17H,7-8,11H2,1H3,(H2,24,27). The van der Waals surface area contributed by atoms with Gasteiger partial charge in [0.05, 0.1) is 10.5 Å². The lowest BCUT2D eigenvalue weighted by atomic mass is 10.0. The van der Waals surface area contributed by atoms with Gasteiger partial charge in [0, 0.05) is 35.8 Å². The lowest BCUT2D eigenvalue weighted by molar-refractivity contribution is -0.385. The molecule has 1 aliphatic rings. The minimum atomic E-state index is -4.44. The predicted octanol–water partition coefficient (Wildman–Crippen LogP) is 4.44. The van der Waals surface area contributed by atoms with Crippen LogP contribution in [0.4, 0.5) is 18.9 Å². The summed E-state index contributed by atoms with van der Waals surface area (Å²) in [4.78, 5) is 24.2. The fourth-order valence-corrected chi connectivity index (χ4v) is 3.37. The molecule has 1 unspecified atom stereocenters. The van der Waals surface area contributed by atoms with Gasteiger partial charge in [-0.2, -0.15) is 13.2 Å². The minimum absolute atomic E-state index is 0.0318. The molecule has 1 atom stereocenters. The van der Waals surface area contributed by atoms with E-state index in [0.29, 0.717) is 11.1 Å². The number of nitrogens with two attached hydrogens (primary N) is 1. The van der Waals surface area contributed by atoms with Gasteiger partial charge in [-0.05, 0) is 43.5 Å². The van der Waals surface area contributed by atoms with Crippen LogP contribution >= 0.6 is 0 Å². The summed E-state index contributed by atoms with van der Waals surface area (Å²) in [5, 5.41) is 11.5. The van der Waals surface area contributed by atoms with Crippen molar-refractivity contribution in [3.8, 4) is 0 Å². The summed E-state index contributed by atoms with van der Waals surface area (Å²) < 4.78 is 39.2. The maximum absolute atomic E-state index is 13.1. The number of nitrogens with zero attached hydrogens (tertiary/aromatic N) is 2. The lowest BCUT2D eigenvalue weighted by Gasteiger charge is -2.30. The molecule has 0 saturated heterocycles. The van der Waals surface area contributed by atoms with Crippen molar-refractivity contribution in [3.05, 3.63) is 74.8 Å². The molecule has 154 valence electrons. The van der Waals surface area contributed by atoms with Crippen LogP contribution in [0.2, 0.25) is 0 Å². The van der Waals surface area contributed by atoms with E-state index in [-0.39, 0.29) is 29.9 Å². The molecule has 1 fully saturated rings. The number of carbonyl (C=O) groups is 1. The maximum Gasteiger partial charge on any atom is 0.416 e. The molecule has 2 aromatic carbocycles. The van der Waals surface area contributed by atoms with Crippen molar-refractivity contribution in [1.29, 1.82) is 0 Å². The van der Waals surface area contributed by atoms with Crippen LogP contribution in [0, 0.1) is 10.1 Å². The van der Waals surface area contributed by atoms with Crippen LogP contribution in [0.15, 0.2) is 42.5 Å². The van der Waals surface area contributed by atoms with E-state index in [1.165, 1.54) is 18.2 Å². The number of nitro benzene ring substituents is 1. The fourth-order valence-electron chi connectivity index (χ4n) is 3.37. The minimum Gasteiger partial charge on any atom is -0.366 e. The van der Waals surface area contributed by atoms with Gasteiger partial charge in [0.15, 0.2) is 0 Å². The summed E-state index contributed by atoms with van der Waals surface area (Å²) in [6.07, 6.45) is -2.70. The number of benzene rings is 2. The van der Waals surface area contributed by atoms with Gasteiger partial charge in [0.2, 0.25) is 5.91 Å². The molecule has 0 aromatic heterocycles. The number of amides is 1. The summed E-state index contributed by atoms with van der Waals surface area (Å²) in [5.41, 5.74) is 5.14. The highest BCUT2D eigenvalue weighted by Crippen LogP contribution is 2.38. The molecule has 6 nitrogen and oxygen atoms in total. The molecule has 2 N–H and O–H groups in total. The smallest absolute Gasteiger partial charge is 0.366 e. The van der Waals surface area contributed by atoms with Crippen molar-refractivity contribution in [1.82, 2.24) is 4.90 Å². The first-order chi connectivity index (χ1) is 13.6. The highest BCUT2D eigenvalue weighted by Gasteiger charge is 2.36. The molecular formula is C20H20F3N3O3. The monoisotopic (exact) mass is 407 g/mol. The van der Waals surface area contributed by atoms with Crippen LogP contribution in [0.25, 0.3) is 0 Å². The second kappa shape index (κ2) is 7.82. The van der Waals surface area contributed by atoms with E-state index in [1.54, 1.807) is 13.0 Å². The Morgan fingerprint density at radius 2 is 1.97 bits per heavy atom. The quantitative estimate of drug-likeness (QED) is 0.543. The van der Waals surface area contributed by atoms with E-state index in [4.69, 9.17) is 5.73 Å². The average Bonchev–Trinajstić information content (AvgIpc) is 3.49. The van der Waals surface area contributed by atoms with Gasteiger partial charge in [0.25, 0.3) is 5.69 Å². The Morgan fingerprint density at radius 1 is 1.28 bits per heavy atom. The summed E-state index contributed by atoms with van der Waals surface area (Å²) in [5.74, 6) is -0.768. The van der Waals surface area contributed by atoms with Crippen molar-refractivity contribution in [2.75, 3.05) is 0 Å². The third-order valence-electron chi connectivity index (χ3n) is 5.13. The molecule has 0 aliphatic heterocycles. The second-order valence-corrected chi connectivity index (χ2v) is 7.17. The first-order valence-corrected chi connectivity index (χ1v) is 9.08. The van der Waals surface area contributed by atoms with Crippen molar-refractivity contribution >= 4 is 11.6 Å². The number of nitro groups is 1. The topological polar surface area (TPSA) is 89.5 Å². The number of halogens is 3. The Labute approximate surface area is 165 Å². The highest BCUT2D eigenvalue weighted by atomic mass is 19.4. The average molecular weight is 407 g/mol. The van der Waals surface area contributed by atoms with Crippen LogP contribution in [-0.4, -0.2) is 21.8 Å².